The van der Waals surface area contributed by atoms with Crippen molar-refractivity contribution in [3.05, 3.63) is 110 Å². The van der Waals surface area contributed by atoms with Gasteiger partial charge in [0.15, 0.2) is 0 Å². The van der Waals surface area contributed by atoms with E-state index >= 15 is 0 Å². The first-order chi connectivity index (χ1) is 27.7. The molecule has 0 saturated carbocycles. The number of allylic oxidation sites excluding steroid dienone is 4. The van der Waals surface area contributed by atoms with Crippen LogP contribution in [0.25, 0.3) is 0 Å². The molecule has 4 N–H and O–H groups in total. The number of benzene rings is 2. The Labute approximate surface area is 345 Å². The number of likely N-dealkylation sites (tertiary alicyclic amines) is 1. The number of aryl methyl sites for hydroxylation is 2. The maximum atomic E-state index is 14.1. The molecular formula is C46H56N4O7S. The van der Waals surface area contributed by atoms with Crippen LogP contribution in [0.3, 0.4) is 0 Å². The predicted octanol–water partition coefficient (Wildman–Crippen LogP) is 8.10. The van der Waals surface area contributed by atoms with E-state index in [9.17, 15) is 34.2 Å². The van der Waals surface area contributed by atoms with Crippen LogP contribution in [0.5, 0.6) is 0 Å². The lowest BCUT2D eigenvalue weighted by Crippen LogP contribution is -2.46. The van der Waals surface area contributed by atoms with E-state index in [1.807, 2.05) is 41.3 Å². The summed E-state index contributed by atoms with van der Waals surface area (Å²) in [5.41, 5.74) is 5.19. The Morgan fingerprint density at radius 3 is 2.29 bits per heavy atom. The van der Waals surface area contributed by atoms with Gasteiger partial charge in [0, 0.05) is 35.1 Å². The van der Waals surface area contributed by atoms with Crippen LogP contribution in [0.2, 0.25) is 0 Å². The number of fused-ring (bicyclic) bond motifs is 1. The highest BCUT2D eigenvalue weighted by molar-refractivity contribution is 7.17. The summed E-state index contributed by atoms with van der Waals surface area (Å²) in [4.78, 5) is 70.0. The fourth-order valence-corrected chi connectivity index (χ4v) is 9.36. The number of piperidine rings is 1. The summed E-state index contributed by atoms with van der Waals surface area (Å²) in [6, 6.07) is 14.3. The highest BCUT2D eigenvalue weighted by Gasteiger charge is 2.32. The zero-order valence-electron chi connectivity index (χ0n) is 34.1. The van der Waals surface area contributed by atoms with Crippen molar-refractivity contribution in [1.82, 2.24) is 15.1 Å². The van der Waals surface area contributed by atoms with E-state index in [1.165, 1.54) is 16.9 Å². The summed E-state index contributed by atoms with van der Waals surface area (Å²) in [7, 11) is 2.07. The predicted molar refractivity (Wildman–Crippen MR) is 226 cm³/mol. The number of carbonyl (C=O) groups excluding carboxylic acids is 3. The van der Waals surface area contributed by atoms with E-state index in [1.54, 1.807) is 32.0 Å². The molecule has 2 aromatic carbocycles. The average Bonchev–Trinajstić information content (AvgIpc) is 3.57. The third-order valence-electron chi connectivity index (χ3n) is 12.0. The molecule has 3 aromatic rings. The largest absolute Gasteiger partial charge is 0.481 e. The fourth-order valence-electron chi connectivity index (χ4n) is 8.08. The zero-order valence-corrected chi connectivity index (χ0v) is 34.9. The second kappa shape index (κ2) is 18.7. The minimum atomic E-state index is -1.02. The quantitative estimate of drug-likeness (QED) is 0.120. The van der Waals surface area contributed by atoms with Crippen LogP contribution in [0, 0.1) is 11.3 Å². The van der Waals surface area contributed by atoms with Crippen molar-refractivity contribution in [2.75, 3.05) is 25.5 Å². The lowest BCUT2D eigenvalue weighted by atomic mass is 9.87. The van der Waals surface area contributed by atoms with Gasteiger partial charge in [0.05, 0.1) is 16.5 Å². The first kappa shape index (κ1) is 42.5. The van der Waals surface area contributed by atoms with Crippen molar-refractivity contribution < 1.29 is 34.2 Å². The van der Waals surface area contributed by atoms with E-state index in [0.29, 0.717) is 22.7 Å². The summed E-state index contributed by atoms with van der Waals surface area (Å²) in [5, 5.41) is 25.7. The van der Waals surface area contributed by atoms with Crippen molar-refractivity contribution in [3.8, 4) is 0 Å². The molecule has 0 radical (unpaired) electrons. The van der Waals surface area contributed by atoms with Gasteiger partial charge in [-0.25, -0.2) is 4.79 Å². The van der Waals surface area contributed by atoms with Gasteiger partial charge in [0.2, 0.25) is 5.91 Å². The molecule has 1 unspecified atom stereocenters. The Morgan fingerprint density at radius 1 is 0.879 bits per heavy atom. The number of aliphatic carboxylic acids is 1. The highest BCUT2D eigenvalue weighted by atomic mass is 32.1. The summed E-state index contributed by atoms with van der Waals surface area (Å²) in [6.07, 6.45) is 12.1. The molecule has 2 heterocycles. The molecule has 6 rings (SSSR count). The van der Waals surface area contributed by atoms with Gasteiger partial charge in [0.25, 0.3) is 11.8 Å². The van der Waals surface area contributed by atoms with Crippen LogP contribution in [0.4, 0.5) is 5.00 Å². The van der Waals surface area contributed by atoms with Crippen molar-refractivity contribution in [2.24, 2.45) is 11.3 Å². The number of amides is 3. The Bertz CT molecular complexity index is 2090. The topological polar surface area (TPSA) is 156 Å². The normalized spacial score (nSPS) is 17.4. The molecule has 1 atom stereocenters. The number of thiophene rings is 1. The number of hydrogen-bond donors (Lipinski definition) is 4. The number of carbonyl (C=O) groups is 5. The van der Waals surface area contributed by atoms with Crippen LogP contribution >= 0.6 is 11.3 Å². The molecule has 1 fully saturated rings. The van der Waals surface area contributed by atoms with Gasteiger partial charge in [-0.05, 0) is 151 Å². The molecule has 2 aliphatic carbocycles. The molecule has 308 valence electrons. The second-order valence-electron chi connectivity index (χ2n) is 16.8. The van der Waals surface area contributed by atoms with Crippen LogP contribution in [-0.2, 0) is 35.4 Å². The number of carboxylic acids is 2. The van der Waals surface area contributed by atoms with E-state index in [-0.39, 0.29) is 48.1 Å². The number of nitrogens with one attached hydrogen (secondary N) is 2. The SMILES string of the molecule is CC1CC(CCc2ccc(C(=O)O)cc2)=CC=C1NC(=O)c1c(NC(=O)c2cccc(CN(C(=O)CCC(C)(C)C(=O)O)C3CCN(C)CC3)c2)sc2c1CCCC2. The number of nitrogens with zero attached hydrogens (tertiary/aromatic N) is 2. The molecule has 1 saturated heterocycles. The van der Waals surface area contributed by atoms with Crippen LogP contribution in [0.1, 0.15) is 125 Å². The lowest BCUT2D eigenvalue weighted by Gasteiger charge is -2.38. The molecule has 3 aliphatic rings. The maximum absolute atomic E-state index is 14.1. The first-order valence-electron chi connectivity index (χ1n) is 20.5. The smallest absolute Gasteiger partial charge is 0.335 e. The molecule has 12 heteroatoms. The van der Waals surface area contributed by atoms with Crippen molar-refractivity contribution >= 4 is 46.0 Å². The third-order valence-corrected chi connectivity index (χ3v) is 13.2. The highest BCUT2D eigenvalue weighted by Crippen LogP contribution is 2.39. The number of aromatic carboxylic acids is 1. The minimum absolute atomic E-state index is 0.0155. The first-order valence-corrected chi connectivity index (χ1v) is 21.3. The number of rotatable bonds is 15. The standard InChI is InChI=1S/C46H56N4O7S/c1-29-26-31(13-12-30-14-17-33(18-15-30)44(54)55)16-19-37(29)47-42(53)40-36-10-5-6-11-38(36)58-43(40)48-41(52)34-9-7-8-32(27-34)28-50(35-21-24-49(4)25-22-35)39(51)20-23-46(2,3)45(56)57/h7-9,14-19,27,29,35H,5-6,10-13,20-26,28H2,1-4H3,(H,47,53)(H,48,52)(H,54,55)(H,56,57). The maximum Gasteiger partial charge on any atom is 0.335 e. The minimum Gasteiger partial charge on any atom is -0.481 e. The van der Waals surface area contributed by atoms with E-state index in [2.05, 4.69) is 35.6 Å². The van der Waals surface area contributed by atoms with Gasteiger partial charge in [-0.15, -0.1) is 11.3 Å². The van der Waals surface area contributed by atoms with Gasteiger partial charge >= 0.3 is 11.9 Å². The molecule has 1 aliphatic heterocycles. The Hall–Kier alpha value is -5.07. The molecule has 0 spiro atoms. The van der Waals surface area contributed by atoms with Gasteiger partial charge in [0.1, 0.15) is 5.00 Å². The molecule has 1 aromatic heterocycles. The lowest BCUT2D eigenvalue weighted by molar-refractivity contribution is -0.148. The van der Waals surface area contributed by atoms with Crippen molar-refractivity contribution in [2.45, 2.75) is 104 Å². The number of carboxylic acid groups (broad SMARTS) is 2. The van der Waals surface area contributed by atoms with E-state index in [0.717, 1.165) is 98.1 Å². The summed E-state index contributed by atoms with van der Waals surface area (Å²) >= 11 is 1.48. The Balaban J connectivity index is 1.15. The monoisotopic (exact) mass is 808 g/mol. The average molecular weight is 809 g/mol. The van der Waals surface area contributed by atoms with Gasteiger partial charge in [-0.2, -0.15) is 0 Å². The van der Waals surface area contributed by atoms with Crippen LogP contribution < -0.4 is 10.6 Å². The molecule has 58 heavy (non-hydrogen) atoms. The van der Waals surface area contributed by atoms with Crippen molar-refractivity contribution in [3.63, 3.8) is 0 Å². The van der Waals surface area contributed by atoms with E-state index < -0.39 is 17.4 Å². The molecule has 0 bridgehead atoms. The van der Waals surface area contributed by atoms with Gasteiger partial charge in [-0.1, -0.05) is 42.8 Å². The summed E-state index contributed by atoms with van der Waals surface area (Å²) < 4.78 is 0. The Morgan fingerprint density at radius 2 is 1.60 bits per heavy atom. The molecule has 11 nitrogen and oxygen atoms in total. The summed E-state index contributed by atoms with van der Waals surface area (Å²) in [6.45, 7) is 7.41. The third kappa shape index (κ3) is 10.5. The van der Waals surface area contributed by atoms with Crippen LogP contribution in [0.15, 0.2) is 72.0 Å². The molecule has 3 amide bonds. The fraction of sp³-hybridized carbons (Fsp3) is 0.457. The van der Waals surface area contributed by atoms with Gasteiger partial charge in [-0.3, -0.25) is 19.2 Å². The molecular weight excluding hydrogens is 753 g/mol. The zero-order chi connectivity index (χ0) is 41.6. The second-order valence-corrected chi connectivity index (χ2v) is 17.9. The van der Waals surface area contributed by atoms with E-state index in [4.69, 9.17) is 0 Å². The summed E-state index contributed by atoms with van der Waals surface area (Å²) in [5.74, 6) is -2.43. The van der Waals surface area contributed by atoms with Gasteiger partial charge < -0.3 is 30.6 Å². The number of anilines is 1. The van der Waals surface area contributed by atoms with Crippen molar-refractivity contribution in [1.29, 1.82) is 0 Å². The Kier molecular flexibility index (Phi) is 13.7. The number of hydrogen-bond acceptors (Lipinski definition) is 7. The van der Waals surface area contributed by atoms with Crippen LogP contribution in [-0.4, -0.2) is 75.9 Å².